The third kappa shape index (κ3) is 56.1. The van der Waals surface area contributed by atoms with Gasteiger partial charge in [0, 0.05) is 19.3 Å². The number of carbonyl (C=O) groups excluding carboxylic acids is 3. The SMILES string of the molecule is CC/C=C\C/C=C\C/C=C\C/C=C\C/C=C\CCCCCC(=O)OC[C@H](COC(=O)CCCCCCC/C=C\C/C=C\CCCCC)OC(=O)CCCCC/C=C\C/C=C\C/C=C\C/C=C\C/C=C\CC. The van der Waals surface area contributed by atoms with Crippen molar-refractivity contribution >= 4 is 17.9 Å². The highest BCUT2D eigenvalue weighted by molar-refractivity contribution is 5.71. The largest absolute Gasteiger partial charge is 0.462 e. The standard InChI is InChI=1S/C65H102O6/c1-4-7-10-13-16-19-22-25-28-30-32-34-37-40-43-46-49-52-55-58-64(67)70-61-62(60-69-63(66)57-54-51-48-45-42-39-36-27-24-21-18-15-12-9-6-3)71-65(68)59-56-53-50-47-44-41-38-35-33-31-29-26-23-20-17-14-11-8-5-2/h7-8,10-11,16-21,25-29,32-36,40-41,43-44,62H,4-6,9,12-15,22-24,30-31,37-39,42,45-61H2,1-3H3/b10-7-,11-8-,19-16-,20-17-,21-18-,28-25-,29-26-,34-32-,35-33-,36-27-,43-40-,44-41-/t62-/m0/s1. The fraction of sp³-hybridized carbons (Fsp3) is 0.585. The Labute approximate surface area is 436 Å². The molecule has 0 saturated carbocycles. The van der Waals surface area contributed by atoms with Gasteiger partial charge in [-0.3, -0.25) is 14.4 Å². The Balaban J connectivity index is 4.57. The summed E-state index contributed by atoms with van der Waals surface area (Å²) in [5.41, 5.74) is 0. The van der Waals surface area contributed by atoms with Gasteiger partial charge in [0.1, 0.15) is 13.2 Å². The molecular formula is C65H102O6. The second-order valence-corrected chi connectivity index (χ2v) is 18.1. The molecule has 0 aliphatic carbocycles. The average molecular weight is 980 g/mol. The first-order valence-electron chi connectivity index (χ1n) is 28.3. The van der Waals surface area contributed by atoms with Crippen LogP contribution in [0.4, 0.5) is 0 Å². The van der Waals surface area contributed by atoms with E-state index < -0.39 is 6.10 Å². The van der Waals surface area contributed by atoms with Crippen molar-refractivity contribution in [3.05, 3.63) is 146 Å². The third-order valence-corrected chi connectivity index (χ3v) is 11.3. The summed E-state index contributed by atoms with van der Waals surface area (Å²) in [4.78, 5) is 38.2. The van der Waals surface area contributed by atoms with Gasteiger partial charge in [-0.15, -0.1) is 0 Å². The molecule has 0 fully saturated rings. The Morgan fingerprint density at radius 2 is 0.549 bits per heavy atom. The maximum Gasteiger partial charge on any atom is 0.306 e. The van der Waals surface area contributed by atoms with Gasteiger partial charge in [0.2, 0.25) is 0 Å². The lowest BCUT2D eigenvalue weighted by Crippen LogP contribution is -2.30. The minimum Gasteiger partial charge on any atom is -0.462 e. The van der Waals surface area contributed by atoms with Crippen molar-refractivity contribution in [1.82, 2.24) is 0 Å². The highest BCUT2D eigenvalue weighted by Gasteiger charge is 2.19. The van der Waals surface area contributed by atoms with Crippen molar-refractivity contribution in [3.8, 4) is 0 Å². The third-order valence-electron chi connectivity index (χ3n) is 11.3. The topological polar surface area (TPSA) is 78.9 Å². The van der Waals surface area contributed by atoms with Gasteiger partial charge in [-0.05, 0) is 141 Å². The molecule has 0 rings (SSSR count). The molecular weight excluding hydrogens is 877 g/mol. The van der Waals surface area contributed by atoms with Crippen LogP contribution in [0.15, 0.2) is 146 Å². The van der Waals surface area contributed by atoms with Gasteiger partial charge < -0.3 is 14.2 Å². The normalized spacial score (nSPS) is 13.2. The average Bonchev–Trinajstić information content (AvgIpc) is 3.37. The Morgan fingerprint density at radius 3 is 0.873 bits per heavy atom. The zero-order valence-electron chi connectivity index (χ0n) is 45.4. The second kappa shape index (κ2) is 57.9. The molecule has 0 spiro atoms. The van der Waals surface area contributed by atoms with E-state index >= 15 is 0 Å². The summed E-state index contributed by atoms with van der Waals surface area (Å²) in [6, 6.07) is 0. The van der Waals surface area contributed by atoms with Crippen LogP contribution in [0.1, 0.15) is 226 Å². The molecule has 0 aliphatic rings. The first kappa shape index (κ1) is 66.3. The molecule has 0 amide bonds. The zero-order chi connectivity index (χ0) is 51.4. The van der Waals surface area contributed by atoms with Crippen LogP contribution in [0.2, 0.25) is 0 Å². The van der Waals surface area contributed by atoms with Crippen LogP contribution < -0.4 is 0 Å². The van der Waals surface area contributed by atoms with Gasteiger partial charge in [-0.2, -0.15) is 0 Å². The lowest BCUT2D eigenvalue weighted by molar-refractivity contribution is -0.167. The van der Waals surface area contributed by atoms with E-state index in [0.717, 1.165) is 154 Å². The Hall–Kier alpha value is -4.71. The lowest BCUT2D eigenvalue weighted by Gasteiger charge is -2.18. The molecule has 0 aromatic carbocycles. The fourth-order valence-electron chi connectivity index (χ4n) is 7.11. The molecule has 0 aliphatic heterocycles. The van der Waals surface area contributed by atoms with Crippen LogP contribution >= 0.6 is 0 Å². The zero-order valence-corrected chi connectivity index (χ0v) is 45.4. The van der Waals surface area contributed by atoms with Gasteiger partial charge in [-0.1, -0.05) is 212 Å². The number of hydrogen-bond acceptors (Lipinski definition) is 6. The quantitative estimate of drug-likeness (QED) is 0.0262. The molecule has 0 bridgehead atoms. The Kier molecular flexibility index (Phi) is 54.0. The van der Waals surface area contributed by atoms with Crippen LogP contribution in [0, 0.1) is 0 Å². The molecule has 0 saturated heterocycles. The fourth-order valence-corrected chi connectivity index (χ4v) is 7.11. The first-order valence-corrected chi connectivity index (χ1v) is 28.3. The van der Waals surface area contributed by atoms with Crippen molar-refractivity contribution in [2.45, 2.75) is 232 Å². The van der Waals surface area contributed by atoms with Crippen molar-refractivity contribution in [2.75, 3.05) is 13.2 Å². The monoisotopic (exact) mass is 979 g/mol. The van der Waals surface area contributed by atoms with Crippen molar-refractivity contribution < 1.29 is 28.6 Å². The van der Waals surface area contributed by atoms with E-state index in [1.807, 2.05) is 0 Å². The molecule has 0 N–H and O–H groups in total. The number of ether oxygens (including phenoxy) is 3. The summed E-state index contributed by atoms with van der Waals surface area (Å²) in [6.45, 7) is 6.30. The molecule has 6 heteroatoms. The molecule has 1 atom stereocenters. The summed E-state index contributed by atoms with van der Waals surface area (Å²) >= 11 is 0. The van der Waals surface area contributed by atoms with Crippen molar-refractivity contribution in [3.63, 3.8) is 0 Å². The number of hydrogen-bond donors (Lipinski definition) is 0. The van der Waals surface area contributed by atoms with Crippen LogP contribution in [0.5, 0.6) is 0 Å². The van der Waals surface area contributed by atoms with Crippen molar-refractivity contribution in [1.29, 1.82) is 0 Å². The smallest absolute Gasteiger partial charge is 0.306 e. The summed E-state index contributed by atoms with van der Waals surface area (Å²) in [5, 5.41) is 0. The summed E-state index contributed by atoms with van der Waals surface area (Å²) in [5.74, 6) is -1.00. The second-order valence-electron chi connectivity index (χ2n) is 18.1. The van der Waals surface area contributed by atoms with E-state index in [4.69, 9.17) is 14.2 Å². The highest BCUT2D eigenvalue weighted by atomic mass is 16.6. The molecule has 0 radical (unpaired) electrons. The number of carbonyl (C=O) groups is 3. The Morgan fingerprint density at radius 1 is 0.296 bits per heavy atom. The van der Waals surface area contributed by atoms with Gasteiger partial charge >= 0.3 is 17.9 Å². The van der Waals surface area contributed by atoms with E-state index in [2.05, 4.69) is 167 Å². The van der Waals surface area contributed by atoms with E-state index in [1.165, 1.54) is 25.7 Å². The molecule has 6 nitrogen and oxygen atoms in total. The number of rotatable bonds is 49. The minimum atomic E-state index is -0.823. The summed E-state index contributed by atoms with van der Waals surface area (Å²) in [6.07, 6.45) is 82.6. The summed E-state index contributed by atoms with van der Waals surface area (Å²) < 4.78 is 16.8. The van der Waals surface area contributed by atoms with E-state index in [9.17, 15) is 14.4 Å². The number of esters is 3. The highest BCUT2D eigenvalue weighted by Crippen LogP contribution is 2.12. The van der Waals surface area contributed by atoms with E-state index in [-0.39, 0.29) is 37.5 Å². The van der Waals surface area contributed by atoms with E-state index in [1.54, 1.807) is 0 Å². The first-order chi connectivity index (χ1) is 35.0. The number of unbranched alkanes of at least 4 members (excludes halogenated alkanes) is 14. The maximum atomic E-state index is 12.9. The number of allylic oxidation sites excluding steroid dienone is 24. The van der Waals surface area contributed by atoms with Crippen LogP contribution in [0.3, 0.4) is 0 Å². The molecule has 0 unspecified atom stereocenters. The van der Waals surface area contributed by atoms with E-state index in [0.29, 0.717) is 19.3 Å². The summed E-state index contributed by atoms with van der Waals surface area (Å²) in [7, 11) is 0. The van der Waals surface area contributed by atoms with Gasteiger partial charge in [0.15, 0.2) is 6.10 Å². The van der Waals surface area contributed by atoms with Crippen LogP contribution in [-0.4, -0.2) is 37.2 Å². The Bertz CT molecular complexity index is 1590. The molecule has 398 valence electrons. The minimum absolute atomic E-state index is 0.116. The van der Waals surface area contributed by atoms with Gasteiger partial charge in [0.25, 0.3) is 0 Å². The maximum absolute atomic E-state index is 12.9. The van der Waals surface area contributed by atoms with Crippen LogP contribution in [-0.2, 0) is 28.6 Å². The predicted octanol–water partition coefficient (Wildman–Crippen LogP) is 19.2. The molecule has 71 heavy (non-hydrogen) atoms. The predicted molar refractivity (Wildman–Crippen MR) is 306 cm³/mol. The molecule has 0 heterocycles. The lowest BCUT2D eigenvalue weighted by atomic mass is 10.1. The van der Waals surface area contributed by atoms with Gasteiger partial charge in [-0.25, -0.2) is 0 Å². The van der Waals surface area contributed by atoms with Crippen LogP contribution in [0.25, 0.3) is 0 Å². The van der Waals surface area contributed by atoms with Crippen molar-refractivity contribution in [2.24, 2.45) is 0 Å². The van der Waals surface area contributed by atoms with Gasteiger partial charge in [0.05, 0.1) is 0 Å². The molecule has 0 aromatic rings. The molecule has 0 aromatic heterocycles.